The van der Waals surface area contributed by atoms with Crippen molar-refractivity contribution >= 4 is 8.73 Å². The molecule has 0 spiro atoms. The fraction of sp³-hybridized carbons (Fsp3) is 0.545. The molecule has 1 unspecified atom stereocenters. The summed E-state index contributed by atoms with van der Waals surface area (Å²) < 4.78 is 5.41. The van der Waals surface area contributed by atoms with Crippen molar-refractivity contribution < 1.29 is 4.74 Å². The lowest BCUT2D eigenvalue weighted by molar-refractivity contribution is 0.312. The van der Waals surface area contributed by atoms with Crippen molar-refractivity contribution in [3.8, 4) is 5.88 Å². The van der Waals surface area contributed by atoms with Gasteiger partial charge in [0.1, 0.15) is 13.2 Å². The molecule has 1 aromatic rings. The van der Waals surface area contributed by atoms with Crippen LogP contribution in [0.2, 0.25) is 0 Å². The van der Waals surface area contributed by atoms with Gasteiger partial charge in [0.25, 0.3) is 0 Å². The van der Waals surface area contributed by atoms with Crippen molar-refractivity contribution in [3.05, 3.63) is 28.8 Å². The van der Waals surface area contributed by atoms with Crippen molar-refractivity contribution in [2.75, 3.05) is 26.4 Å². The van der Waals surface area contributed by atoms with Gasteiger partial charge in [0.15, 0.2) is 0 Å². The Morgan fingerprint density at radius 3 is 3.24 bits per heavy atom. The number of hydrogen-bond acceptors (Lipinski definition) is 5. The van der Waals surface area contributed by atoms with Gasteiger partial charge in [0.05, 0.1) is 0 Å². The molecule has 0 radical (unpaired) electrons. The summed E-state index contributed by atoms with van der Waals surface area (Å²) in [6.07, 6.45) is 3.67. The molecule has 0 aliphatic rings. The first-order valence-corrected chi connectivity index (χ1v) is 7.14. The van der Waals surface area contributed by atoms with Gasteiger partial charge in [-0.2, -0.15) is 4.91 Å². The molecule has 0 aliphatic heterocycles. The molecule has 0 saturated carbocycles. The molecule has 94 valence electrons. The van der Waals surface area contributed by atoms with E-state index in [4.69, 9.17) is 4.74 Å². The molecule has 1 rings (SSSR count). The largest absolute Gasteiger partial charge is 0.475 e. The van der Waals surface area contributed by atoms with E-state index >= 15 is 0 Å². The van der Waals surface area contributed by atoms with E-state index < -0.39 is 0 Å². The normalized spacial score (nSPS) is 10.9. The topological polar surface area (TPSA) is 63.6 Å². The van der Waals surface area contributed by atoms with Gasteiger partial charge in [-0.25, -0.2) is 4.98 Å². The Morgan fingerprint density at radius 2 is 2.47 bits per heavy atom. The van der Waals surface area contributed by atoms with Gasteiger partial charge >= 0.3 is 0 Å². The third-order valence-corrected chi connectivity index (χ3v) is 2.80. The first kappa shape index (κ1) is 14.0. The highest BCUT2D eigenvalue weighted by Crippen LogP contribution is 2.16. The average molecular weight is 255 g/mol. The van der Waals surface area contributed by atoms with Crippen molar-refractivity contribution in [2.45, 2.75) is 12.8 Å². The highest BCUT2D eigenvalue weighted by molar-refractivity contribution is 7.34. The third-order valence-electron chi connectivity index (χ3n) is 2.20. The monoisotopic (exact) mass is 255 g/mol. The number of nitrogens with one attached hydrogen (secondary N) is 1. The van der Waals surface area contributed by atoms with Gasteiger partial charge in [0.2, 0.25) is 5.88 Å². The molecule has 0 saturated heterocycles. The molecular weight excluding hydrogens is 237 g/mol. The van der Waals surface area contributed by atoms with E-state index in [1.165, 1.54) is 0 Å². The maximum Gasteiger partial charge on any atom is 0.216 e. The third kappa shape index (κ3) is 5.71. The van der Waals surface area contributed by atoms with Crippen LogP contribution in [0.25, 0.3) is 0 Å². The van der Waals surface area contributed by atoms with Crippen LogP contribution in [0.1, 0.15) is 12.0 Å². The molecular formula is C11H18N3O2P. The second kappa shape index (κ2) is 9.02. The van der Waals surface area contributed by atoms with Crippen molar-refractivity contribution in [3.63, 3.8) is 0 Å². The highest BCUT2D eigenvalue weighted by atomic mass is 31.1. The quantitative estimate of drug-likeness (QED) is 0.416. The number of nitroso groups, excluding NO2 is 1. The second-order valence-electron chi connectivity index (χ2n) is 3.45. The number of nitrogens with zero attached hydrogens (tertiary/aromatic N) is 2. The molecule has 17 heavy (non-hydrogen) atoms. The van der Waals surface area contributed by atoms with Crippen LogP contribution in [-0.2, 0) is 6.42 Å². The molecule has 0 bridgehead atoms. The molecule has 0 fully saturated rings. The van der Waals surface area contributed by atoms with Gasteiger partial charge in [-0.15, -0.1) is 0 Å². The molecule has 0 amide bonds. The minimum absolute atomic E-state index is 0.161. The highest BCUT2D eigenvalue weighted by Gasteiger charge is 2.04. The Balaban J connectivity index is 2.42. The molecule has 0 aliphatic carbocycles. The number of aryl methyl sites for hydroxylation is 1. The first-order valence-electron chi connectivity index (χ1n) is 5.64. The standard InChI is InChI=1S/C11H18N3O2P/c1-17-14-7-3-5-10-4-2-6-12-11(10)16-9-8-13-15/h2,4,6,14,17H,3,5,7-9H2,1H3. The van der Waals surface area contributed by atoms with E-state index in [2.05, 4.69) is 21.9 Å². The predicted octanol–water partition coefficient (Wildman–Crippen LogP) is 1.97. The van der Waals surface area contributed by atoms with Crippen LogP contribution < -0.4 is 9.82 Å². The van der Waals surface area contributed by atoms with Crippen LogP contribution >= 0.6 is 8.73 Å². The Bertz CT molecular complexity index is 336. The van der Waals surface area contributed by atoms with Gasteiger partial charge in [-0.3, -0.25) is 5.09 Å². The van der Waals surface area contributed by atoms with Crippen LogP contribution in [0.5, 0.6) is 5.88 Å². The number of pyridine rings is 1. The molecule has 1 atom stereocenters. The minimum Gasteiger partial charge on any atom is -0.475 e. The smallest absolute Gasteiger partial charge is 0.216 e. The first-order chi connectivity index (χ1) is 8.38. The Kier molecular flexibility index (Phi) is 7.43. The van der Waals surface area contributed by atoms with Crippen LogP contribution in [0, 0.1) is 4.91 Å². The average Bonchev–Trinajstić information content (AvgIpc) is 2.36. The maximum absolute atomic E-state index is 9.97. The van der Waals surface area contributed by atoms with Crippen LogP contribution in [-0.4, -0.2) is 31.3 Å². The van der Waals surface area contributed by atoms with E-state index in [-0.39, 0.29) is 6.54 Å². The van der Waals surface area contributed by atoms with E-state index in [1.54, 1.807) is 6.20 Å². The summed E-state index contributed by atoms with van der Waals surface area (Å²) in [5.74, 6) is 0.620. The van der Waals surface area contributed by atoms with Crippen LogP contribution in [0.4, 0.5) is 0 Å². The van der Waals surface area contributed by atoms with Crippen LogP contribution in [0.15, 0.2) is 23.5 Å². The van der Waals surface area contributed by atoms with Gasteiger partial charge in [-0.05, 0) is 32.1 Å². The Hall–Kier alpha value is -1.06. The molecule has 5 nitrogen and oxygen atoms in total. The zero-order valence-corrected chi connectivity index (χ0v) is 11.0. The van der Waals surface area contributed by atoms with Gasteiger partial charge in [-0.1, -0.05) is 20.0 Å². The minimum atomic E-state index is 0.161. The van der Waals surface area contributed by atoms with E-state index in [9.17, 15) is 4.91 Å². The predicted molar refractivity (Wildman–Crippen MR) is 71.0 cm³/mol. The number of aromatic nitrogens is 1. The number of hydrogen-bond donors (Lipinski definition) is 1. The van der Waals surface area contributed by atoms with Gasteiger partial charge in [0, 0.05) is 11.8 Å². The number of ether oxygens (including phenoxy) is 1. The summed E-state index contributed by atoms with van der Waals surface area (Å²) in [5.41, 5.74) is 1.08. The summed E-state index contributed by atoms with van der Waals surface area (Å²) in [7, 11) is 0.779. The van der Waals surface area contributed by atoms with E-state index in [0.29, 0.717) is 12.5 Å². The van der Waals surface area contributed by atoms with Gasteiger partial charge < -0.3 is 4.74 Å². The zero-order valence-electron chi connectivity index (χ0n) is 9.98. The summed E-state index contributed by atoms with van der Waals surface area (Å²) >= 11 is 0. The molecule has 1 N–H and O–H groups in total. The molecule has 0 aromatic carbocycles. The second-order valence-corrected chi connectivity index (χ2v) is 4.30. The maximum atomic E-state index is 9.97. The van der Waals surface area contributed by atoms with Crippen molar-refractivity contribution in [1.29, 1.82) is 0 Å². The van der Waals surface area contributed by atoms with E-state index in [1.807, 2.05) is 12.1 Å². The number of rotatable bonds is 9. The lowest BCUT2D eigenvalue weighted by Gasteiger charge is -2.08. The van der Waals surface area contributed by atoms with Crippen molar-refractivity contribution in [1.82, 2.24) is 10.1 Å². The lowest BCUT2D eigenvalue weighted by Crippen LogP contribution is -2.07. The fourth-order valence-corrected chi connectivity index (χ4v) is 1.84. The summed E-state index contributed by atoms with van der Waals surface area (Å²) in [6.45, 7) is 3.57. The molecule has 6 heteroatoms. The Labute approximate surface area is 103 Å². The van der Waals surface area contributed by atoms with E-state index in [0.717, 1.165) is 33.7 Å². The van der Waals surface area contributed by atoms with Crippen LogP contribution in [0.3, 0.4) is 0 Å². The molecule has 1 aromatic heterocycles. The lowest BCUT2D eigenvalue weighted by atomic mass is 10.1. The SMILES string of the molecule is CPNCCCc1cccnc1OCCN=O. The van der Waals surface area contributed by atoms with Crippen molar-refractivity contribution in [2.24, 2.45) is 5.18 Å². The Morgan fingerprint density at radius 1 is 1.59 bits per heavy atom. The summed E-state index contributed by atoms with van der Waals surface area (Å²) in [6, 6.07) is 3.90. The molecule has 1 heterocycles. The summed E-state index contributed by atoms with van der Waals surface area (Å²) in [5, 5.41) is 6.06. The zero-order chi connectivity index (χ0) is 12.3. The summed E-state index contributed by atoms with van der Waals surface area (Å²) in [4.78, 5) is 14.1. The fourth-order valence-electron chi connectivity index (χ4n) is 1.42.